The minimum Gasteiger partial charge on any atom is -0.314 e. The Morgan fingerprint density at radius 3 is 2.53 bits per heavy atom. The number of piperazine rings is 1. The Kier molecular flexibility index (Phi) is 5.75. The molecule has 0 atom stereocenters. The van der Waals surface area contributed by atoms with Crippen LogP contribution in [-0.2, 0) is 0 Å². The molecule has 0 aromatic rings. The van der Waals surface area contributed by atoms with E-state index in [0.717, 1.165) is 25.7 Å². The zero-order chi connectivity index (χ0) is 11.9. The Balaban J connectivity index is 1.57. The van der Waals surface area contributed by atoms with Crippen LogP contribution in [0.25, 0.3) is 0 Å². The summed E-state index contributed by atoms with van der Waals surface area (Å²) in [6, 6.07) is 0. The highest BCUT2D eigenvalue weighted by atomic mass is 15.3. The second-order valence-corrected chi connectivity index (χ2v) is 5.88. The van der Waals surface area contributed by atoms with Crippen molar-refractivity contribution in [2.45, 2.75) is 38.5 Å². The van der Waals surface area contributed by atoms with Crippen molar-refractivity contribution in [2.75, 3.05) is 46.4 Å². The molecule has 1 saturated carbocycles. The van der Waals surface area contributed by atoms with E-state index in [1.807, 2.05) is 0 Å². The van der Waals surface area contributed by atoms with Gasteiger partial charge < -0.3 is 5.32 Å². The summed E-state index contributed by atoms with van der Waals surface area (Å²) in [5.41, 5.74) is 0. The van der Waals surface area contributed by atoms with Gasteiger partial charge in [-0.25, -0.2) is 0 Å². The predicted molar refractivity (Wildman–Crippen MR) is 73.1 cm³/mol. The van der Waals surface area contributed by atoms with Gasteiger partial charge in [0.1, 0.15) is 0 Å². The highest BCUT2D eigenvalue weighted by Gasteiger charge is 2.15. The average molecular weight is 239 g/mol. The summed E-state index contributed by atoms with van der Waals surface area (Å²) in [5, 5.41) is 3.41. The Bertz CT molecular complexity index is 196. The van der Waals surface area contributed by atoms with E-state index in [9.17, 15) is 0 Å². The van der Waals surface area contributed by atoms with Crippen LogP contribution in [0.15, 0.2) is 0 Å². The lowest BCUT2D eigenvalue weighted by molar-refractivity contribution is 0.131. The minimum atomic E-state index is 1.02. The fraction of sp³-hybridized carbons (Fsp3) is 1.00. The molecule has 0 radical (unpaired) electrons. The highest BCUT2D eigenvalue weighted by molar-refractivity contribution is 4.70. The van der Waals surface area contributed by atoms with E-state index < -0.39 is 0 Å². The monoisotopic (exact) mass is 239 g/mol. The fourth-order valence-electron chi connectivity index (χ4n) is 3.14. The van der Waals surface area contributed by atoms with Crippen LogP contribution in [-0.4, -0.2) is 56.2 Å². The van der Waals surface area contributed by atoms with Gasteiger partial charge in [-0.15, -0.1) is 0 Å². The molecule has 0 amide bonds. The third-order valence-corrected chi connectivity index (χ3v) is 4.29. The van der Waals surface area contributed by atoms with Crippen LogP contribution in [0.1, 0.15) is 38.5 Å². The molecule has 100 valence electrons. The molecule has 1 N–H and O–H groups in total. The summed E-state index contributed by atoms with van der Waals surface area (Å²) >= 11 is 0. The van der Waals surface area contributed by atoms with Crippen molar-refractivity contribution >= 4 is 0 Å². The third-order valence-electron chi connectivity index (χ3n) is 4.29. The van der Waals surface area contributed by atoms with E-state index in [2.05, 4.69) is 22.2 Å². The molecule has 17 heavy (non-hydrogen) atoms. The summed E-state index contributed by atoms with van der Waals surface area (Å²) < 4.78 is 0. The lowest BCUT2D eigenvalue weighted by Gasteiger charge is -2.32. The number of nitrogens with one attached hydrogen (secondary N) is 1. The van der Waals surface area contributed by atoms with Gasteiger partial charge in [0.05, 0.1) is 6.67 Å². The molecule has 0 aromatic heterocycles. The molecular weight excluding hydrogens is 210 g/mol. The number of rotatable bonds is 5. The van der Waals surface area contributed by atoms with Gasteiger partial charge in [0.25, 0.3) is 0 Å². The second kappa shape index (κ2) is 7.34. The lowest BCUT2D eigenvalue weighted by Crippen LogP contribution is -2.47. The Hall–Kier alpha value is -0.120. The van der Waals surface area contributed by atoms with Gasteiger partial charge in [-0.05, 0) is 25.9 Å². The van der Waals surface area contributed by atoms with Crippen molar-refractivity contribution in [3.05, 3.63) is 0 Å². The van der Waals surface area contributed by atoms with Gasteiger partial charge in [-0.1, -0.05) is 32.1 Å². The molecule has 2 fully saturated rings. The smallest absolute Gasteiger partial charge is 0.0504 e. The van der Waals surface area contributed by atoms with Crippen molar-refractivity contribution in [1.82, 2.24) is 15.1 Å². The van der Waals surface area contributed by atoms with Gasteiger partial charge in [0.15, 0.2) is 0 Å². The van der Waals surface area contributed by atoms with E-state index in [1.165, 1.54) is 58.2 Å². The molecule has 1 aliphatic carbocycles. The van der Waals surface area contributed by atoms with E-state index >= 15 is 0 Å². The van der Waals surface area contributed by atoms with Crippen molar-refractivity contribution in [2.24, 2.45) is 5.92 Å². The van der Waals surface area contributed by atoms with Crippen LogP contribution >= 0.6 is 0 Å². The van der Waals surface area contributed by atoms with Crippen LogP contribution in [0, 0.1) is 5.92 Å². The number of hydrogen-bond donors (Lipinski definition) is 1. The van der Waals surface area contributed by atoms with E-state index in [4.69, 9.17) is 0 Å². The Morgan fingerprint density at radius 1 is 1.12 bits per heavy atom. The zero-order valence-electron chi connectivity index (χ0n) is 11.5. The maximum atomic E-state index is 3.41. The molecule has 2 aliphatic rings. The van der Waals surface area contributed by atoms with Crippen LogP contribution in [0.3, 0.4) is 0 Å². The molecule has 0 spiro atoms. The second-order valence-electron chi connectivity index (χ2n) is 5.88. The van der Waals surface area contributed by atoms with E-state index in [1.54, 1.807) is 0 Å². The van der Waals surface area contributed by atoms with Crippen LogP contribution in [0.5, 0.6) is 0 Å². The Morgan fingerprint density at radius 2 is 1.82 bits per heavy atom. The van der Waals surface area contributed by atoms with Crippen LogP contribution in [0.2, 0.25) is 0 Å². The lowest BCUT2D eigenvalue weighted by atomic mass is 9.87. The van der Waals surface area contributed by atoms with Gasteiger partial charge >= 0.3 is 0 Å². The van der Waals surface area contributed by atoms with Crippen molar-refractivity contribution in [3.8, 4) is 0 Å². The van der Waals surface area contributed by atoms with Crippen LogP contribution in [0.4, 0.5) is 0 Å². The first-order valence-corrected chi connectivity index (χ1v) is 7.46. The maximum Gasteiger partial charge on any atom is 0.0504 e. The molecular formula is C14H29N3. The number of nitrogens with zero attached hydrogens (tertiary/aromatic N) is 2. The average Bonchev–Trinajstić information content (AvgIpc) is 2.39. The van der Waals surface area contributed by atoms with Crippen molar-refractivity contribution in [3.63, 3.8) is 0 Å². The predicted octanol–water partition coefficient (Wildman–Crippen LogP) is 1.75. The maximum absolute atomic E-state index is 3.41. The topological polar surface area (TPSA) is 18.5 Å². The molecule has 1 aliphatic heterocycles. The molecule has 2 rings (SSSR count). The molecule has 1 heterocycles. The third kappa shape index (κ3) is 4.94. The van der Waals surface area contributed by atoms with E-state index in [0.29, 0.717) is 0 Å². The normalized spacial score (nSPS) is 24.4. The largest absolute Gasteiger partial charge is 0.314 e. The van der Waals surface area contributed by atoms with Crippen molar-refractivity contribution in [1.29, 1.82) is 0 Å². The molecule has 0 bridgehead atoms. The molecule has 1 saturated heterocycles. The van der Waals surface area contributed by atoms with Gasteiger partial charge in [0.2, 0.25) is 0 Å². The Labute approximate surface area is 107 Å². The highest BCUT2D eigenvalue weighted by Crippen LogP contribution is 2.26. The number of hydrogen-bond acceptors (Lipinski definition) is 3. The summed E-state index contributed by atoms with van der Waals surface area (Å²) in [6.07, 6.45) is 8.83. The summed E-state index contributed by atoms with van der Waals surface area (Å²) in [4.78, 5) is 5.08. The van der Waals surface area contributed by atoms with Gasteiger partial charge in [0, 0.05) is 26.2 Å². The zero-order valence-corrected chi connectivity index (χ0v) is 11.5. The molecule has 0 aromatic carbocycles. The molecule has 3 nitrogen and oxygen atoms in total. The standard InChI is InChI=1S/C14H29N3/c1-16(13-17-11-8-15-9-12-17)10-7-14-5-3-2-4-6-14/h14-15H,2-13H2,1H3. The SMILES string of the molecule is CN(CCC1CCCCC1)CN1CCNCC1. The molecule has 0 unspecified atom stereocenters. The fourth-order valence-corrected chi connectivity index (χ4v) is 3.14. The molecule has 3 heteroatoms. The minimum absolute atomic E-state index is 1.02. The summed E-state index contributed by atoms with van der Waals surface area (Å²) in [6.45, 7) is 7.21. The first kappa shape index (κ1) is 13.3. The van der Waals surface area contributed by atoms with Crippen LogP contribution < -0.4 is 5.32 Å². The summed E-state index contributed by atoms with van der Waals surface area (Å²) in [7, 11) is 2.28. The quantitative estimate of drug-likeness (QED) is 0.788. The summed E-state index contributed by atoms with van der Waals surface area (Å²) in [5.74, 6) is 1.02. The first-order chi connectivity index (χ1) is 8.34. The van der Waals surface area contributed by atoms with Gasteiger partial charge in [-0.3, -0.25) is 9.80 Å². The van der Waals surface area contributed by atoms with E-state index in [-0.39, 0.29) is 0 Å². The van der Waals surface area contributed by atoms with Gasteiger partial charge in [-0.2, -0.15) is 0 Å². The first-order valence-electron chi connectivity index (χ1n) is 7.46. The van der Waals surface area contributed by atoms with Crippen molar-refractivity contribution < 1.29 is 0 Å².